The van der Waals surface area contributed by atoms with Gasteiger partial charge in [0.1, 0.15) is 0 Å². The summed E-state index contributed by atoms with van der Waals surface area (Å²) in [6.45, 7) is -0.263. The molecule has 0 atom stereocenters. The van der Waals surface area contributed by atoms with E-state index in [1.807, 2.05) is 0 Å². The van der Waals surface area contributed by atoms with Gasteiger partial charge in [0.25, 0.3) is 0 Å². The number of carbonyl (C=O) groups excluding carboxylic acids is 2. The summed E-state index contributed by atoms with van der Waals surface area (Å²) in [4.78, 5) is 24.6. The zero-order valence-electron chi connectivity index (χ0n) is 11.0. The SMILES string of the molecule is O=C1OCOC(=O)c2c3c(c1c1c2[C@H]2CC[C@@H]1CC2)C3. The fraction of sp³-hybridized carbons (Fsp3) is 0.500. The van der Waals surface area contributed by atoms with Crippen molar-refractivity contribution < 1.29 is 19.1 Å². The molecule has 0 radical (unpaired) electrons. The van der Waals surface area contributed by atoms with Crippen LogP contribution in [0.5, 0.6) is 0 Å². The van der Waals surface area contributed by atoms with E-state index in [4.69, 9.17) is 9.47 Å². The molecule has 1 aromatic carbocycles. The molecule has 0 N–H and O–H groups in total. The van der Waals surface area contributed by atoms with Crippen molar-refractivity contribution in [2.75, 3.05) is 6.79 Å². The third kappa shape index (κ3) is 1.18. The van der Waals surface area contributed by atoms with Gasteiger partial charge in [-0.25, -0.2) is 9.59 Å². The van der Waals surface area contributed by atoms with E-state index in [1.165, 1.54) is 0 Å². The first-order valence-electron chi connectivity index (χ1n) is 7.31. The topological polar surface area (TPSA) is 52.6 Å². The van der Waals surface area contributed by atoms with Gasteiger partial charge in [0.15, 0.2) is 0 Å². The van der Waals surface area contributed by atoms with Crippen LogP contribution in [0.2, 0.25) is 0 Å². The highest BCUT2D eigenvalue weighted by Gasteiger charge is 2.46. The summed E-state index contributed by atoms with van der Waals surface area (Å²) < 4.78 is 10.2. The summed E-state index contributed by atoms with van der Waals surface area (Å²) in [6, 6.07) is 0. The molecule has 5 aliphatic rings. The molecule has 4 aliphatic carbocycles. The van der Waals surface area contributed by atoms with Crippen LogP contribution in [-0.4, -0.2) is 18.7 Å². The lowest BCUT2D eigenvalue weighted by Gasteiger charge is -2.39. The first-order chi connectivity index (χ1) is 9.75. The maximum atomic E-state index is 12.3. The number of hydrogen-bond donors (Lipinski definition) is 0. The third-order valence-corrected chi connectivity index (χ3v) is 5.36. The Morgan fingerprint density at radius 2 is 1.20 bits per heavy atom. The van der Waals surface area contributed by atoms with Crippen LogP contribution in [0, 0.1) is 0 Å². The standard InChI is InChI=1S/C16H14O4/c17-15-13-9-5-10(9)14(16(18)20-6-19-15)12-8-2-1-7(3-4-8)11(12)13/h7-8H,1-6H2/t7-,8+. The summed E-state index contributed by atoms with van der Waals surface area (Å²) in [5, 5.41) is 0. The lowest BCUT2D eigenvalue weighted by molar-refractivity contribution is -0.0163. The molecular weight excluding hydrogens is 256 g/mol. The Hall–Kier alpha value is -1.84. The molecule has 6 rings (SSSR count). The molecule has 0 amide bonds. The van der Waals surface area contributed by atoms with E-state index >= 15 is 0 Å². The van der Waals surface area contributed by atoms with E-state index in [9.17, 15) is 9.59 Å². The molecule has 1 fully saturated rings. The van der Waals surface area contributed by atoms with Crippen molar-refractivity contribution in [2.24, 2.45) is 0 Å². The van der Waals surface area contributed by atoms with Crippen LogP contribution >= 0.6 is 0 Å². The number of rotatable bonds is 0. The highest BCUT2D eigenvalue weighted by Crippen LogP contribution is 2.56. The van der Waals surface area contributed by atoms with Crippen molar-refractivity contribution in [3.63, 3.8) is 0 Å². The first-order valence-corrected chi connectivity index (χ1v) is 7.31. The van der Waals surface area contributed by atoms with E-state index < -0.39 is 0 Å². The highest BCUT2D eigenvalue weighted by atomic mass is 16.7. The number of benzene rings is 1. The summed E-state index contributed by atoms with van der Waals surface area (Å²) >= 11 is 0. The van der Waals surface area contributed by atoms with Crippen LogP contribution in [0.25, 0.3) is 0 Å². The number of ether oxygens (including phenoxy) is 2. The number of cyclic esters (lactones) is 2. The fourth-order valence-electron chi connectivity index (χ4n) is 4.47. The minimum atomic E-state index is -0.302. The van der Waals surface area contributed by atoms with E-state index in [-0.39, 0.29) is 18.7 Å². The summed E-state index contributed by atoms with van der Waals surface area (Å²) in [6.07, 6.45) is 5.27. The van der Waals surface area contributed by atoms with Gasteiger partial charge in [0, 0.05) is 0 Å². The van der Waals surface area contributed by atoms with Crippen LogP contribution in [0.15, 0.2) is 0 Å². The Morgan fingerprint density at radius 3 is 1.65 bits per heavy atom. The van der Waals surface area contributed by atoms with Crippen molar-refractivity contribution in [1.29, 1.82) is 0 Å². The van der Waals surface area contributed by atoms with Crippen LogP contribution < -0.4 is 0 Å². The first kappa shape index (κ1) is 10.9. The molecule has 1 aromatic rings. The molecule has 1 saturated carbocycles. The third-order valence-electron chi connectivity index (χ3n) is 5.36. The second-order valence-corrected chi connectivity index (χ2v) is 6.24. The summed E-state index contributed by atoms with van der Waals surface area (Å²) in [5.41, 5.74) is 5.87. The van der Waals surface area contributed by atoms with Gasteiger partial charge in [-0.05, 0) is 66.2 Å². The number of esters is 2. The van der Waals surface area contributed by atoms with Gasteiger partial charge < -0.3 is 9.47 Å². The van der Waals surface area contributed by atoms with E-state index in [2.05, 4.69) is 0 Å². The normalized spacial score (nSPS) is 28.8. The predicted molar refractivity (Wildman–Crippen MR) is 68.9 cm³/mol. The molecule has 1 heterocycles. The van der Waals surface area contributed by atoms with Crippen LogP contribution in [-0.2, 0) is 15.9 Å². The zero-order chi connectivity index (χ0) is 13.4. The molecule has 4 heteroatoms. The zero-order valence-corrected chi connectivity index (χ0v) is 11.0. The Bertz CT molecular complexity index is 623. The van der Waals surface area contributed by atoms with Crippen LogP contribution in [0.4, 0.5) is 0 Å². The molecule has 0 spiro atoms. The fourth-order valence-corrected chi connectivity index (χ4v) is 4.47. The average molecular weight is 270 g/mol. The maximum Gasteiger partial charge on any atom is 0.341 e. The van der Waals surface area contributed by atoms with Gasteiger partial charge in [-0.2, -0.15) is 0 Å². The van der Waals surface area contributed by atoms with Gasteiger partial charge in [-0.3, -0.25) is 0 Å². The van der Waals surface area contributed by atoms with Gasteiger partial charge in [0.2, 0.25) is 6.79 Å². The maximum absolute atomic E-state index is 12.3. The van der Waals surface area contributed by atoms with Crippen molar-refractivity contribution in [1.82, 2.24) is 0 Å². The van der Waals surface area contributed by atoms with Gasteiger partial charge in [-0.1, -0.05) is 0 Å². The molecule has 0 aromatic heterocycles. The van der Waals surface area contributed by atoms with Crippen LogP contribution in [0.1, 0.15) is 80.5 Å². The van der Waals surface area contributed by atoms with Crippen molar-refractivity contribution >= 4 is 11.9 Å². The van der Waals surface area contributed by atoms with Gasteiger partial charge in [0.05, 0.1) is 11.1 Å². The molecule has 20 heavy (non-hydrogen) atoms. The number of fused-ring (bicyclic) bond motifs is 2. The van der Waals surface area contributed by atoms with Crippen molar-refractivity contribution in [3.8, 4) is 0 Å². The van der Waals surface area contributed by atoms with Crippen LogP contribution in [0.3, 0.4) is 0 Å². The molecule has 1 aliphatic heterocycles. The molecule has 102 valence electrons. The van der Waals surface area contributed by atoms with Crippen molar-refractivity contribution in [3.05, 3.63) is 33.4 Å². The quantitative estimate of drug-likeness (QED) is 0.690. The second-order valence-electron chi connectivity index (χ2n) is 6.24. The molecule has 4 nitrogen and oxygen atoms in total. The van der Waals surface area contributed by atoms with E-state index in [0.717, 1.165) is 65.5 Å². The lowest BCUT2D eigenvalue weighted by atomic mass is 9.64. The Balaban J connectivity index is 1.90. The Morgan fingerprint density at radius 1 is 0.750 bits per heavy atom. The predicted octanol–water partition coefficient (Wildman–Crippen LogP) is 2.63. The Labute approximate surface area is 116 Å². The van der Waals surface area contributed by atoms with E-state index in [1.54, 1.807) is 0 Å². The second kappa shape index (κ2) is 3.43. The molecule has 0 saturated heterocycles. The lowest BCUT2D eigenvalue weighted by Crippen LogP contribution is -2.26. The molecule has 4 bridgehead atoms. The minimum absolute atomic E-state index is 0.263. The van der Waals surface area contributed by atoms with Crippen molar-refractivity contribution in [2.45, 2.75) is 43.9 Å². The monoisotopic (exact) mass is 270 g/mol. The minimum Gasteiger partial charge on any atom is -0.424 e. The molecular formula is C16H14O4. The number of hydrogen-bond acceptors (Lipinski definition) is 4. The number of carbonyl (C=O) groups is 2. The summed E-state index contributed by atoms with van der Waals surface area (Å²) in [7, 11) is 0. The smallest absolute Gasteiger partial charge is 0.341 e. The average Bonchev–Trinajstić information content (AvgIpc) is 3.23. The largest absolute Gasteiger partial charge is 0.424 e. The summed E-state index contributed by atoms with van der Waals surface area (Å²) in [5.74, 6) is 0.244. The van der Waals surface area contributed by atoms with Gasteiger partial charge >= 0.3 is 11.9 Å². The van der Waals surface area contributed by atoms with Gasteiger partial charge in [-0.15, -0.1) is 0 Å². The Kier molecular flexibility index (Phi) is 1.87. The van der Waals surface area contributed by atoms with E-state index in [0.29, 0.717) is 11.8 Å². The highest BCUT2D eigenvalue weighted by molar-refractivity contribution is 6.03. The molecule has 0 unspecified atom stereocenters.